The zero-order valence-corrected chi connectivity index (χ0v) is 17.2. The van der Waals surface area contributed by atoms with Crippen molar-refractivity contribution in [2.24, 2.45) is 5.73 Å². The van der Waals surface area contributed by atoms with Crippen LogP contribution in [0.15, 0.2) is 24.3 Å². The Kier molecular flexibility index (Phi) is 7.35. The van der Waals surface area contributed by atoms with E-state index < -0.39 is 36.3 Å². The van der Waals surface area contributed by atoms with Gasteiger partial charge in [0, 0.05) is 5.69 Å². The van der Waals surface area contributed by atoms with Crippen LogP contribution in [0, 0.1) is 13.8 Å². The minimum atomic E-state index is -1.13. The zero-order chi connectivity index (χ0) is 22.4. The standard InChI is InChI=1S/C21H24N2O7/c1-5-28-21(27)17-11(2)18(23-12(17)3)19(25)13(4)30-16(24)10-29-15-9-7-6-8-14(15)20(22)26/h6-9,13,23H,5,10H2,1-4H3,(H2,22,26)/t13-/m1/s1. The van der Waals surface area contributed by atoms with Gasteiger partial charge in [-0.05, 0) is 45.4 Å². The van der Waals surface area contributed by atoms with Crippen molar-refractivity contribution < 1.29 is 33.4 Å². The summed E-state index contributed by atoms with van der Waals surface area (Å²) in [7, 11) is 0. The Morgan fingerprint density at radius 1 is 1.13 bits per heavy atom. The molecule has 3 N–H and O–H groups in total. The van der Waals surface area contributed by atoms with Crippen LogP contribution in [0.2, 0.25) is 0 Å². The fourth-order valence-corrected chi connectivity index (χ4v) is 2.93. The summed E-state index contributed by atoms with van der Waals surface area (Å²) in [6.07, 6.45) is -1.13. The van der Waals surface area contributed by atoms with Crippen LogP contribution in [0.5, 0.6) is 5.75 Å². The number of nitrogens with two attached hydrogens (primary N) is 1. The van der Waals surface area contributed by atoms with Crippen molar-refractivity contribution in [1.82, 2.24) is 4.98 Å². The quantitative estimate of drug-likeness (QED) is 0.471. The minimum Gasteiger partial charge on any atom is -0.481 e. The van der Waals surface area contributed by atoms with Crippen LogP contribution < -0.4 is 10.5 Å². The predicted octanol–water partition coefficient (Wildman–Crippen LogP) is 2.10. The molecule has 30 heavy (non-hydrogen) atoms. The van der Waals surface area contributed by atoms with E-state index in [2.05, 4.69) is 4.98 Å². The SMILES string of the molecule is CCOC(=O)c1c(C)[nH]c(C(=O)[C@@H](C)OC(=O)COc2ccccc2C(N)=O)c1C. The fourth-order valence-electron chi connectivity index (χ4n) is 2.93. The molecule has 0 saturated heterocycles. The van der Waals surface area contributed by atoms with Crippen LogP contribution >= 0.6 is 0 Å². The molecule has 0 unspecified atom stereocenters. The molecule has 1 atom stereocenters. The topological polar surface area (TPSA) is 138 Å². The molecule has 1 heterocycles. The number of esters is 2. The molecule has 0 fully saturated rings. The molecule has 1 aromatic heterocycles. The summed E-state index contributed by atoms with van der Waals surface area (Å²) < 4.78 is 15.4. The van der Waals surface area contributed by atoms with E-state index in [9.17, 15) is 19.2 Å². The average molecular weight is 416 g/mol. The lowest BCUT2D eigenvalue weighted by Crippen LogP contribution is -2.28. The number of rotatable bonds is 9. The van der Waals surface area contributed by atoms with Crippen molar-refractivity contribution in [3.05, 3.63) is 52.3 Å². The number of primary amides is 1. The number of para-hydroxylation sites is 1. The Morgan fingerprint density at radius 2 is 1.80 bits per heavy atom. The summed E-state index contributed by atoms with van der Waals surface area (Å²) >= 11 is 0. The van der Waals surface area contributed by atoms with Crippen LogP contribution in [0.1, 0.15) is 56.3 Å². The van der Waals surface area contributed by atoms with Crippen molar-refractivity contribution in [3.8, 4) is 5.75 Å². The number of aromatic nitrogens is 1. The Balaban J connectivity index is 2.04. The minimum absolute atomic E-state index is 0.124. The maximum Gasteiger partial charge on any atom is 0.344 e. The number of aromatic amines is 1. The summed E-state index contributed by atoms with van der Waals surface area (Å²) in [5.74, 6) is -2.40. The number of ether oxygens (including phenoxy) is 3. The highest BCUT2D eigenvalue weighted by atomic mass is 16.6. The van der Waals surface area contributed by atoms with E-state index in [0.29, 0.717) is 11.3 Å². The lowest BCUT2D eigenvalue weighted by atomic mass is 10.1. The number of Topliss-reactive ketones (excluding diaryl/α,β-unsaturated/α-hetero) is 1. The molecule has 160 valence electrons. The van der Waals surface area contributed by atoms with Gasteiger partial charge < -0.3 is 24.9 Å². The van der Waals surface area contributed by atoms with E-state index in [1.54, 1.807) is 32.9 Å². The number of H-pyrrole nitrogens is 1. The van der Waals surface area contributed by atoms with Crippen LogP contribution in [-0.2, 0) is 14.3 Å². The largest absolute Gasteiger partial charge is 0.481 e. The molecule has 0 aliphatic rings. The lowest BCUT2D eigenvalue weighted by Gasteiger charge is -2.13. The second-order valence-corrected chi connectivity index (χ2v) is 6.49. The lowest BCUT2D eigenvalue weighted by molar-refractivity contribution is -0.148. The number of carbonyl (C=O) groups excluding carboxylic acids is 4. The Labute approximate surface area is 173 Å². The van der Waals surface area contributed by atoms with Gasteiger partial charge in [-0.2, -0.15) is 0 Å². The van der Waals surface area contributed by atoms with E-state index in [4.69, 9.17) is 19.9 Å². The first-order valence-corrected chi connectivity index (χ1v) is 9.28. The predicted molar refractivity (Wildman–Crippen MR) is 107 cm³/mol. The van der Waals surface area contributed by atoms with Crippen molar-refractivity contribution >= 4 is 23.6 Å². The van der Waals surface area contributed by atoms with Gasteiger partial charge >= 0.3 is 11.9 Å². The van der Waals surface area contributed by atoms with Crippen molar-refractivity contribution in [2.75, 3.05) is 13.2 Å². The molecular weight excluding hydrogens is 392 g/mol. The third-order valence-corrected chi connectivity index (χ3v) is 4.34. The molecule has 2 aromatic rings. The van der Waals surface area contributed by atoms with Gasteiger partial charge in [-0.25, -0.2) is 9.59 Å². The summed E-state index contributed by atoms with van der Waals surface area (Å²) in [5.41, 5.74) is 6.73. The molecule has 0 radical (unpaired) electrons. The van der Waals surface area contributed by atoms with Gasteiger partial charge in [0.25, 0.3) is 5.91 Å². The molecule has 1 amide bonds. The monoisotopic (exact) mass is 416 g/mol. The summed E-state index contributed by atoms with van der Waals surface area (Å²) in [6.45, 7) is 6.06. The number of amides is 1. The van der Waals surface area contributed by atoms with Crippen molar-refractivity contribution in [1.29, 1.82) is 0 Å². The van der Waals surface area contributed by atoms with Crippen molar-refractivity contribution in [3.63, 3.8) is 0 Å². The molecule has 9 nitrogen and oxygen atoms in total. The van der Waals surface area contributed by atoms with Gasteiger partial charge in [0.05, 0.1) is 23.4 Å². The van der Waals surface area contributed by atoms with E-state index in [1.165, 1.54) is 19.1 Å². The highest BCUT2D eigenvalue weighted by Gasteiger charge is 2.27. The van der Waals surface area contributed by atoms with E-state index in [0.717, 1.165) is 0 Å². The van der Waals surface area contributed by atoms with Gasteiger partial charge in [0.2, 0.25) is 5.78 Å². The maximum absolute atomic E-state index is 12.7. The number of hydrogen-bond donors (Lipinski definition) is 2. The molecule has 1 aromatic carbocycles. The molecule has 0 aliphatic heterocycles. The van der Waals surface area contributed by atoms with Gasteiger partial charge in [-0.15, -0.1) is 0 Å². The van der Waals surface area contributed by atoms with Gasteiger partial charge in [-0.3, -0.25) is 9.59 Å². The van der Waals surface area contributed by atoms with E-state index in [1.807, 2.05) is 0 Å². The number of hydrogen-bond acceptors (Lipinski definition) is 7. The molecular formula is C21H24N2O7. The second kappa shape index (κ2) is 9.73. The normalized spacial score (nSPS) is 11.5. The molecule has 0 bridgehead atoms. The molecule has 0 spiro atoms. The third kappa shape index (κ3) is 5.05. The smallest absolute Gasteiger partial charge is 0.344 e. The van der Waals surface area contributed by atoms with Crippen LogP contribution in [0.3, 0.4) is 0 Å². The Morgan fingerprint density at radius 3 is 2.43 bits per heavy atom. The zero-order valence-electron chi connectivity index (χ0n) is 17.2. The maximum atomic E-state index is 12.7. The molecule has 0 saturated carbocycles. The number of nitrogens with one attached hydrogen (secondary N) is 1. The van der Waals surface area contributed by atoms with Gasteiger partial charge in [-0.1, -0.05) is 12.1 Å². The first kappa shape index (κ1) is 22.7. The average Bonchev–Trinajstić information content (AvgIpc) is 3.00. The summed E-state index contributed by atoms with van der Waals surface area (Å²) in [5, 5.41) is 0. The van der Waals surface area contributed by atoms with Crippen LogP contribution in [0.4, 0.5) is 0 Å². The molecule has 2 rings (SSSR count). The Bertz CT molecular complexity index is 978. The Hall–Kier alpha value is -3.62. The van der Waals surface area contributed by atoms with E-state index in [-0.39, 0.29) is 29.2 Å². The number of benzene rings is 1. The first-order chi connectivity index (χ1) is 14.2. The number of aryl methyl sites for hydroxylation is 1. The number of ketones is 1. The number of carbonyl (C=O) groups is 4. The van der Waals surface area contributed by atoms with Crippen LogP contribution in [0.25, 0.3) is 0 Å². The fraction of sp³-hybridized carbons (Fsp3) is 0.333. The summed E-state index contributed by atoms with van der Waals surface area (Å²) in [4.78, 5) is 51.1. The third-order valence-electron chi connectivity index (χ3n) is 4.34. The van der Waals surface area contributed by atoms with Gasteiger partial charge in [0.1, 0.15) is 5.75 Å². The van der Waals surface area contributed by atoms with Crippen molar-refractivity contribution in [2.45, 2.75) is 33.8 Å². The molecule has 0 aliphatic carbocycles. The highest BCUT2D eigenvalue weighted by molar-refractivity contribution is 6.04. The van der Waals surface area contributed by atoms with Crippen LogP contribution in [-0.4, -0.2) is 47.9 Å². The first-order valence-electron chi connectivity index (χ1n) is 9.28. The second-order valence-electron chi connectivity index (χ2n) is 6.49. The highest BCUT2D eigenvalue weighted by Crippen LogP contribution is 2.21. The molecule has 9 heteroatoms. The van der Waals surface area contributed by atoms with Gasteiger partial charge in [0.15, 0.2) is 12.7 Å². The summed E-state index contributed by atoms with van der Waals surface area (Å²) in [6, 6.07) is 6.19. The van der Waals surface area contributed by atoms with E-state index >= 15 is 0 Å².